The standard InChI is InChI=1S/2C58H36N6O/c1-4-16-35(17-5-1)53-59-54(36-18-6-2-7-19-36)61-56(60-53)38-28-30-44-47(32-38)51-42-24-11-12-25-43(42)52(44)48-33-39(29-31-45(48)51)57-62-55(37-20-8-3-9-21-37)63-58(64-57)46-26-13-10-22-40(46)49-34-65-50-27-15-14-23-41(49)50;1-4-15-35(16-5-1)53-59-54(36-17-6-2-7-18-36)62-57(61-53)40-27-29-45-47(32-40)51-43-24-10-11-25-44(43)52(45)48-33-41(28-30-46(48)51)58-63-55(37-19-8-3-9-20-37)60-56(64-58)39-22-14-21-38(31-39)49-34-65-50-26-13-12-23-42(49)50/h2*1-34,51-52H. The molecule has 0 spiro atoms. The number of para-hydroxylation sites is 2. The zero-order valence-corrected chi connectivity index (χ0v) is 69.8. The minimum atomic E-state index is 0.0123. The van der Waals surface area contributed by atoms with Crippen LogP contribution >= 0.6 is 0 Å². The van der Waals surface area contributed by atoms with Crippen LogP contribution in [0, 0.1) is 0 Å². The van der Waals surface area contributed by atoms with Crippen molar-refractivity contribution in [3.8, 4) is 159 Å². The van der Waals surface area contributed by atoms with Gasteiger partial charge in [-0.25, -0.2) is 59.8 Å². The van der Waals surface area contributed by atoms with Gasteiger partial charge in [-0.2, -0.15) is 0 Å². The number of rotatable bonds is 14. The van der Waals surface area contributed by atoms with E-state index in [1.54, 1.807) is 0 Å². The molecule has 14 heteroatoms. The molecule has 0 saturated carbocycles. The molecule has 0 fully saturated rings. The molecular formula is C116H72N12O2. The molecule has 4 unspecified atom stereocenters. The number of nitrogens with zero attached hydrogens (tertiary/aromatic N) is 12. The van der Waals surface area contributed by atoms with Crippen LogP contribution in [0.2, 0.25) is 0 Å². The Bertz CT molecular complexity index is 8090. The SMILES string of the molecule is c1ccc(-c2nc(-c3ccccc3)nc(-c3ccc4c(c3)C3c5ccccc5C4c4cc(-c5nc(-c6ccccc6)nc(-c6cccc(-c7coc8ccccc78)c6)n5)ccc43)n2)cc1.c1ccc(-c2nc(-c3ccccc3)nc(-c3ccc4c(c3)C3c5ccccc5C4c4cc(-c5nc(-c6ccccc6)nc(-c6ccccc6-c6coc7ccccc67)n5)ccc43)n2)cc1. The quantitative estimate of drug-likeness (QED) is 0.100. The maximum absolute atomic E-state index is 6.02. The van der Waals surface area contributed by atoms with Crippen molar-refractivity contribution in [2.45, 2.75) is 23.7 Å². The first-order valence-electron chi connectivity index (χ1n) is 43.7. The van der Waals surface area contributed by atoms with Crippen molar-refractivity contribution in [1.29, 1.82) is 0 Å². The highest BCUT2D eigenvalue weighted by Crippen LogP contribution is 2.59. The highest BCUT2D eigenvalue weighted by molar-refractivity contribution is 5.99. The van der Waals surface area contributed by atoms with Gasteiger partial charge in [0.05, 0.1) is 12.5 Å². The third-order valence-corrected chi connectivity index (χ3v) is 25.7. The zero-order chi connectivity index (χ0) is 85.7. The normalized spacial score (nSPS) is 14.5. The van der Waals surface area contributed by atoms with E-state index in [-0.39, 0.29) is 23.7 Å². The van der Waals surface area contributed by atoms with Gasteiger partial charge in [0, 0.05) is 112 Å². The molecule has 608 valence electrons. The van der Waals surface area contributed by atoms with Gasteiger partial charge in [-0.15, -0.1) is 0 Å². The lowest BCUT2D eigenvalue weighted by atomic mass is 9.61. The molecule has 22 aromatic rings. The van der Waals surface area contributed by atoms with E-state index < -0.39 is 0 Å². The van der Waals surface area contributed by atoms with Crippen LogP contribution in [0.4, 0.5) is 0 Å². The molecule has 130 heavy (non-hydrogen) atoms. The van der Waals surface area contributed by atoms with Crippen molar-refractivity contribution >= 4 is 21.9 Å². The summed E-state index contributed by atoms with van der Waals surface area (Å²) < 4.78 is 11.9. The highest BCUT2D eigenvalue weighted by atomic mass is 16.3. The summed E-state index contributed by atoms with van der Waals surface area (Å²) in [6.07, 6.45) is 3.65. The predicted molar refractivity (Wildman–Crippen MR) is 512 cm³/mol. The van der Waals surface area contributed by atoms with E-state index >= 15 is 0 Å². The first kappa shape index (κ1) is 75.2. The van der Waals surface area contributed by atoms with E-state index in [4.69, 9.17) is 68.6 Å². The lowest BCUT2D eigenvalue weighted by Crippen LogP contribution is -2.27. The minimum absolute atomic E-state index is 0.0123. The van der Waals surface area contributed by atoms with E-state index in [0.29, 0.717) is 69.9 Å². The van der Waals surface area contributed by atoms with E-state index in [0.717, 1.165) is 111 Å². The molecule has 6 aliphatic rings. The van der Waals surface area contributed by atoms with Crippen LogP contribution in [0.1, 0.15) is 90.4 Å². The maximum atomic E-state index is 6.02. The monoisotopic (exact) mass is 1660 g/mol. The minimum Gasteiger partial charge on any atom is -0.464 e. The van der Waals surface area contributed by atoms with Crippen LogP contribution in [0.25, 0.3) is 181 Å². The Kier molecular flexibility index (Phi) is 18.2. The number of hydrogen-bond donors (Lipinski definition) is 0. The smallest absolute Gasteiger partial charge is 0.164 e. The van der Waals surface area contributed by atoms with Crippen molar-refractivity contribution in [3.05, 3.63) is 480 Å². The van der Waals surface area contributed by atoms with Gasteiger partial charge in [0.25, 0.3) is 0 Å². The molecule has 0 amide bonds. The van der Waals surface area contributed by atoms with E-state index in [2.05, 4.69) is 170 Å². The van der Waals surface area contributed by atoms with Gasteiger partial charge in [-0.05, 0) is 120 Å². The predicted octanol–water partition coefficient (Wildman–Crippen LogP) is 26.9. The third-order valence-electron chi connectivity index (χ3n) is 25.7. The Labute approximate surface area is 748 Å². The fraction of sp³-hybridized carbons (Fsp3) is 0.0345. The summed E-state index contributed by atoms with van der Waals surface area (Å²) in [4.78, 5) is 61.3. The van der Waals surface area contributed by atoms with Gasteiger partial charge in [0.2, 0.25) is 0 Å². The molecule has 4 bridgehead atoms. The largest absolute Gasteiger partial charge is 0.464 e. The Hall–Kier alpha value is -17.4. The van der Waals surface area contributed by atoms with Crippen molar-refractivity contribution in [2.24, 2.45) is 0 Å². The van der Waals surface area contributed by atoms with Crippen molar-refractivity contribution in [1.82, 2.24) is 59.8 Å². The number of hydrogen-bond acceptors (Lipinski definition) is 14. The number of fused-ring (bicyclic) bond motifs is 2. The zero-order valence-electron chi connectivity index (χ0n) is 69.8. The molecule has 6 heterocycles. The van der Waals surface area contributed by atoms with Crippen molar-refractivity contribution < 1.29 is 8.83 Å². The average molecular weight is 1670 g/mol. The molecule has 14 nitrogen and oxygen atoms in total. The Morgan fingerprint density at radius 3 is 0.685 bits per heavy atom. The second-order valence-electron chi connectivity index (χ2n) is 33.2. The topological polar surface area (TPSA) is 181 Å². The molecule has 0 saturated heterocycles. The molecule has 0 radical (unpaired) electrons. The van der Waals surface area contributed by atoms with Crippen LogP contribution < -0.4 is 0 Å². The fourth-order valence-corrected chi connectivity index (χ4v) is 19.7. The second-order valence-corrected chi connectivity index (χ2v) is 33.2. The summed E-state index contributed by atoms with van der Waals surface area (Å²) in [6, 6.07) is 139. The van der Waals surface area contributed by atoms with Gasteiger partial charge in [0.1, 0.15) is 11.2 Å². The van der Waals surface area contributed by atoms with Gasteiger partial charge >= 0.3 is 0 Å². The Morgan fingerprint density at radius 1 is 0.138 bits per heavy atom. The summed E-state index contributed by atoms with van der Waals surface area (Å²) in [6.45, 7) is 0. The molecule has 4 atom stereocenters. The first-order chi connectivity index (χ1) is 64.4. The summed E-state index contributed by atoms with van der Waals surface area (Å²) in [7, 11) is 0. The fourth-order valence-electron chi connectivity index (χ4n) is 19.7. The van der Waals surface area contributed by atoms with Crippen molar-refractivity contribution in [3.63, 3.8) is 0 Å². The number of benzene rings is 16. The highest BCUT2D eigenvalue weighted by Gasteiger charge is 2.44. The van der Waals surface area contributed by atoms with Crippen LogP contribution in [0.3, 0.4) is 0 Å². The average Bonchev–Trinajstić information content (AvgIpc) is 0.750. The summed E-state index contributed by atoms with van der Waals surface area (Å²) in [5, 5.41) is 2.10. The summed E-state index contributed by atoms with van der Waals surface area (Å²) >= 11 is 0. The number of furan rings is 2. The van der Waals surface area contributed by atoms with E-state index in [1.165, 1.54) is 66.8 Å². The van der Waals surface area contributed by atoms with Gasteiger partial charge in [-0.1, -0.05) is 358 Å². The van der Waals surface area contributed by atoms with Crippen LogP contribution in [0.5, 0.6) is 0 Å². The lowest BCUT2D eigenvalue weighted by molar-refractivity contribution is 0.616. The molecule has 6 aliphatic carbocycles. The third kappa shape index (κ3) is 13.2. The van der Waals surface area contributed by atoms with Crippen molar-refractivity contribution in [2.75, 3.05) is 0 Å². The van der Waals surface area contributed by atoms with Crippen LogP contribution in [-0.4, -0.2) is 59.8 Å². The molecule has 6 aromatic heterocycles. The number of aromatic nitrogens is 12. The molecule has 0 N–H and O–H groups in total. The van der Waals surface area contributed by atoms with E-state index in [1.807, 2.05) is 243 Å². The Morgan fingerprint density at radius 2 is 0.362 bits per heavy atom. The summed E-state index contributed by atoms with van der Waals surface area (Å²) in [5.41, 5.74) is 32.5. The Balaban J connectivity index is 0.000000140. The first-order valence-corrected chi connectivity index (χ1v) is 43.7. The van der Waals surface area contributed by atoms with Gasteiger partial charge in [-0.3, -0.25) is 0 Å². The molecule has 28 rings (SSSR count). The van der Waals surface area contributed by atoms with Crippen LogP contribution in [-0.2, 0) is 0 Å². The molecular weight excluding hydrogens is 1590 g/mol. The maximum Gasteiger partial charge on any atom is 0.164 e. The summed E-state index contributed by atoms with van der Waals surface area (Å²) in [5.74, 6) is 7.63. The second kappa shape index (κ2) is 31.4. The molecule has 0 aliphatic heterocycles. The molecule has 16 aromatic carbocycles. The van der Waals surface area contributed by atoms with Crippen LogP contribution in [0.15, 0.2) is 422 Å². The van der Waals surface area contributed by atoms with E-state index in [9.17, 15) is 0 Å². The lowest BCUT2D eigenvalue weighted by Gasteiger charge is -2.42. The van der Waals surface area contributed by atoms with Gasteiger partial charge < -0.3 is 8.83 Å². The van der Waals surface area contributed by atoms with Gasteiger partial charge in [0.15, 0.2) is 69.9 Å².